The van der Waals surface area contributed by atoms with E-state index < -0.39 is 17.6 Å². The number of hydrogen-bond donors (Lipinski definition) is 3. The highest BCUT2D eigenvalue weighted by Crippen LogP contribution is 2.39. The second-order valence-electron chi connectivity index (χ2n) is 6.99. The molecule has 2 aliphatic rings. The molecule has 8 heteroatoms. The van der Waals surface area contributed by atoms with Gasteiger partial charge in [-0.3, -0.25) is 4.79 Å². The van der Waals surface area contributed by atoms with Gasteiger partial charge in [0.15, 0.2) is 0 Å². The summed E-state index contributed by atoms with van der Waals surface area (Å²) in [4.78, 5) is 23.4. The molecule has 144 valence electrons. The molecule has 1 aromatic rings. The van der Waals surface area contributed by atoms with Crippen LogP contribution in [0.5, 0.6) is 0 Å². The number of hydrogen-bond acceptors (Lipinski definition) is 3. The van der Waals surface area contributed by atoms with Crippen LogP contribution in [-0.4, -0.2) is 52.3 Å². The Hall–Kier alpha value is -1.50. The number of carbonyl (C=O) groups is 2. The van der Waals surface area contributed by atoms with E-state index in [0.29, 0.717) is 30.5 Å². The SMILES string of the molecule is Cc1ccc(Cl)cc1Cl.O=C(O)CNC(=O)N1CCC(O)(CC2CC2)C1. The fourth-order valence-corrected chi connectivity index (χ4v) is 3.29. The summed E-state index contributed by atoms with van der Waals surface area (Å²) >= 11 is 11.4. The molecule has 0 radical (unpaired) electrons. The maximum Gasteiger partial charge on any atom is 0.323 e. The number of aryl methyl sites for hydroxylation is 1. The predicted octanol–water partition coefficient (Wildman–Crippen LogP) is 3.32. The lowest BCUT2D eigenvalue weighted by Gasteiger charge is -2.23. The normalized spacial score (nSPS) is 21.8. The minimum Gasteiger partial charge on any atom is -0.480 e. The predicted molar refractivity (Wildman–Crippen MR) is 101 cm³/mol. The number of halogens is 2. The van der Waals surface area contributed by atoms with Crippen molar-refractivity contribution in [3.05, 3.63) is 33.8 Å². The zero-order chi connectivity index (χ0) is 19.3. The number of carbonyl (C=O) groups excluding carboxylic acids is 1. The summed E-state index contributed by atoms with van der Waals surface area (Å²) in [6.07, 6.45) is 3.70. The highest BCUT2D eigenvalue weighted by molar-refractivity contribution is 6.35. The number of rotatable bonds is 4. The van der Waals surface area contributed by atoms with Crippen molar-refractivity contribution in [2.45, 2.75) is 38.2 Å². The van der Waals surface area contributed by atoms with Crippen LogP contribution >= 0.6 is 23.2 Å². The molecule has 1 aliphatic carbocycles. The van der Waals surface area contributed by atoms with Crippen LogP contribution in [0.3, 0.4) is 0 Å². The Balaban J connectivity index is 0.000000228. The molecule has 2 fully saturated rings. The van der Waals surface area contributed by atoms with Crippen molar-refractivity contribution >= 4 is 35.2 Å². The van der Waals surface area contributed by atoms with Crippen LogP contribution in [0.2, 0.25) is 10.0 Å². The maximum atomic E-state index is 11.6. The highest BCUT2D eigenvalue weighted by atomic mass is 35.5. The number of urea groups is 1. The summed E-state index contributed by atoms with van der Waals surface area (Å²) in [6.45, 7) is 2.37. The number of carboxylic acid groups (broad SMARTS) is 1. The Morgan fingerprint density at radius 3 is 2.58 bits per heavy atom. The Kier molecular flexibility index (Phi) is 7.15. The van der Waals surface area contributed by atoms with E-state index in [0.717, 1.165) is 17.0 Å². The summed E-state index contributed by atoms with van der Waals surface area (Å²) < 4.78 is 0. The monoisotopic (exact) mass is 402 g/mol. The zero-order valence-electron chi connectivity index (χ0n) is 14.7. The average molecular weight is 403 g/mol. The van der Waals surface area contributed by atoms with Gasteiger partial charge in [-0.15, -0.1) is 0 Å². The standard InChI is InChI=1S/C11H18N2O4.C7H6Cl2/c14-9(15)6-12-10(16)13-4-3-11(17,7-13)5-8-1-2-8;1-5-2-3-6(8)4-7(5)9/h8,17H,1-7H2,(H,12,16)(H,14,15);2-4H,1H3. The van der Waals surface area contributed by atoms with Gasteiger partial charge < -0.3 is 20.4 Å². The number of nitrogens with zero attached hydrogens (tertiary/aromatic N) is 1. The van der Waals surface area contributed by atoms with E-state index in [4.69, 9.17) is 28.3 Å². The molecule has 0 bridgehead atoms. The number of amides is 2. The molecule has 6 nitrogen and oxygen atoms in total. The molecule has 0 aromatic heterocycles. The largest absolute Gasteiger partial charge is 0.480 e. The zero-order valence-corrected chi connectivity index (χ0v) is 16.2. The summed E-state index contributed by atoms with van der Waals surface area (Å²) in [5.74, 6) is -0.451. The van der Waals surface area contributed by atoms with Crippen LogP contribution in [0.15, 0.2) is 18.2 Å². The smallest absolute Gasteiger partial charge is 0.323 e. The number of benzene rings is 1. The van der Waals surface area contributed by atoms with E-state index in [2.05, 4.69) is 5.32 Å². The summed E-state index contributed by atoms with van der Waals surface area (Å²) in [6, 6.07) is 5.05. The van der Waals surface area contributed by atoms with Gasteiger partial charge in [-0.25, -0.2) is 4.79 Å². The van der Waals surface area contributed by atoms with Crippen molar-refractivity contribution in [1.29, 1.82) is 0 Å². The van der Waals surface area contributed by atoms with Crippen molar-refractivity contribution in [1.82, 2.24) is 10.2 Å². The molecule has 1 aliphatic heterocycles. The third kappa shape index (κ3) is 6.67. The van der Waals surface area contributed by atoms with Crippen molar-refractivity contribution in [2.24, 2.45) is 5.92 Å². The Labute approximate surface area is 163 Å². The third-order valence-corrected chi connectivity index (χ3v) is 5.15. The summed E-state index contributed by atoms with van der Waals surface area (Å²) in [5.41, 5.74) is 0.294. The first-order valence-electron chi connectivity index (χ1n) is 8.57. The van der Waals surface area contributed by atoms with Crippen molar-refractivity contribution < 1.29 is 19.8 Å². The van der Waals surface area contributed by atoms with E-state index in [1.54, 1.807) is 6.07 Å². The van der Waals surface area contributed by atoms with Crippen molar-refractivity contribution in [3.8, 4) is 0 Å². The van der Waals surface area contributed by atoms with Gasteiger partial charge in [0.2, 0.25) is 0 Å². The minimum atomic E-state index is -1.06. The summed E-state index contributed by atoms with van der Waals surface area (Å²) in [5, 5.41) is 22.4. The molecule has 1 aromatic carbocycles. The van der Waals surface area contributed by atoms with Gasteiger partial charge in [-0.1, -0.05) is 42.1 Å². The van der Waals surface area contributed by atoms with E-state index in [1.807, 2.05) is 19.1 Å². The van der Waals surface area contributed by atoms with Crippen LogP contribution in [0.1, 0.15) is 31.2 Å². The van der Waals surface area contributed by atoms with Crippen molar-refractivity contribution in [2.75, 3.05) is 19.6 Å². The van der Waals surface area contributed by atoms with Crippen LogP contribution in [0.4, 0.5) is 4.79 Å². The number of aliphatic hydroxyl groups is 1. The Morgan fingerprint density at radius 2 is 2.04 bits per heavy atom. The van der Waals surface area contributed by atoms with E-state index in [-0.39, 0.29) is 6.54 Å². The van der Waals surface area contributed by atoms with E-state index in [1.165, 1.54) is 17.7 Å². The van der Waals surface area contributed by atoms with Crippen LogP contribution in [0.25, 0.3) is 0 Å². The lowest BCUT2D eigenvalue weighted by molar-refractivity contribution is -0.135. The molecule has 1 saturated carbocycles. The quantitative estimate of drug-likeness (QED) is 0.720. The van der Waals surface area contributed by atoms with Crippen molar-refractivity contribution in [3.63, 3.8) is 0 Å². The van der Waals surface area contributed by atoms with Gasteiger partial charge in [0, 0.05) is 16.6 Å². The molecule has 1 unspecified atom stereocenters. The lowest BCUT2D eigenvalue weighted by atomic mass is 9.96. The van der Waals surface area contributed by atoms with E-state index in [9.17, 15) is 14.7 Å². The van der Waals surface area contributed by atoms with Gasteiger partial charge in [0.1, 0.15) is 6.54 Å². The Morgan fingerprint density at radius 1 is 1.35 bits per heavy atom. The number of nitrogens with one attached hydrogen (secondary N) is 1. The molecule has 3 N–H and O–H groups in total. The van der Waals surface area contributed by atoms with Gasteiger partial charge in [0.25, 0.3) is 0 Å². The fourth-order valence-electron chi connectivity index (χ4n) is 2.89. The first kappa shape index (κ1) is 20.8. The van der Waals surface area contributed by atoms with Gasteiger partial charge in [0.05, 0.1) is 12.1 Å². The van der Waals surface area contributed by atoms with E-state index >= 15 is 0 Å². The first-order chi connectivity index (χ1) is 12.2. The lowest BCUT2D eigenvalue weighted by Crippen LogP contribution is -2.43. The molecule has 2 amide bonds. The molecule has 0 spiro atoms. The van der Waals surface area contributed by atoms with Gasteiger partial charge in [-0.05, 0) is 43.4 Å². The maximum absolute atomic E-state index is 11.6. The second-order valence-corrected chi connectivity index (χ2v) is 7.83. The molecular formula is C18H24Cl2N2O4. The Bertz CT molecular complexity index is 667. The molecular weight excluding hydrogens is 379 g/mol. The highest BCUT2D eigenvalue weighted by Gasteiger charge is 2.42. The van der Waals surface area contributed by atoms with Crippen LogP contribution in [-0.2, 0) is 4.79 Å². The summed E-state index contributed by atoms with van der Waals surface area (Å²) in [7, 11) is 0. The third-order valence-electron chi connectivity index (χ3n) is 4.51. The average Bonchev–Trinajstić information content (AvgIpc) is 3.28. The number of carboxylic acids is 1. The topological polar surface area (TPSA) is 89.9 Å². The molecule has 1 atom stereocenters. The van der Waals surface area contributed by atoms with Crippen LogP contribution in [0, 0.1) is 12.8 Å². The fraction of sp³-hybridized carbons (Fsp3) is 0.556. The molecule has 3 rings (SSSR count). The first-order valence-corrected chi connectivity index (χ1v) is 9.33. The van der Waals surface area contributed by atoms with Crippen LogP contribution < -0.4 is 5.32 Å². The molecule has 26 heavy (non-hydrogen) atoms. The minimum absolute atomic E-state index is 0.314. The molecule has 1 saturated heterocycles. The van der Waals surface area contributed by atoms with Gasteiger partial charge >= 0.3 is 12.0 Å². The number of β-amino-alcohol motifs (C(OH)–C–C–N with tert-alkyl or cyclic N) is 1. The number of aliphatic carboxylic acids is 1. The number of likely N-dealkylation sites (tertiary alicyclic amines) is 1. The molecule has 1 heterocycles. The van der Waals surface area contributed by atoms with Gasteiger partial charge in [-0.2, -0.15) is 0 Å². The second kappa shape index (κ2) is 8.93.